The van der Waals surface area contributed by atoms with Gasteiger partial charge in [-0.25, -0.2) is 0 Å². The molecule has 0 heterocycles. The third-order valence-corrected chi connectivity index (χ3v) is 1.67. The second kappa shape index (κ2) is 7.10. The number of allylic oxidation sites excluding steroid dienone is 2. The highest BCUT2D eigenvalue weighted by Crippen LogP contribution is 2.08. The maximum Gasteiger partial charge on any atom is 0.240 e. The van der Waals surface area contributed by atoms with Crippen molar-refractivity contribution in [1.29, 1.82) is 0 Å². The van der Waals surface area contributed by atoms with E-state index in [1.165, 1.54) is 7.05 Å². The number of aliphatic hydroxyl groups excluding tert-OH is 2. The first kappa shape index (κ1) is 14.8. The van der Waals surface area contributed by atoms with E-state index in [1.54, 1.807) is 26.0 Å². The van der Waals surface area contributed by atoms with Crippen LogP contribution in [0.2, 0.25) is 0 Å². The van der Waals surface area contributed by atoms with E-state index in [1.807, 2.05) is 0 Å². The minimum absolute atomic E-state index is 0.160. The van der Waals surface area contributed by atoms with Crippen molar-refractivity contribution in [2.75, 3.05) is 7.05 Å². The van der Waals surface area contributed by atoms with E-state index in [0.29, 0.717) is 0 Å². The van der Waals surface area contributed by atoms with Gasteiger partial charge in [-0.2, -0.15) is 0 Å². The Morgan fingerprint density at radius 2 is 1.53 bits per heavy atom. The lowest BCUT2D eigenvalue weighted by Crippen LogP contribution is -1.95. The summed E-state index contributed by atoms with van der Waals surface area (Å²) >= 11 is 0. The van der Waals surface area contributed by atoms with Crippen molar-refractivity contribution in [2.24, 2.45) is 15.5 Å². The van der Waals surface area contributed by atoms with Crippen LogP contribution in [-0.4, -0.2) is 22.1 Å². The van der Waals surface area contributed by atoms with Crippen molar-refractivity contribution < 1.29 is 15.0 Å². The van der Waals surface area contributed by atoms with Crippen LogP contribution in [0.4, 0.5) is 0 Å². The largest absolute Gasteiger partial charge is 0.506 e. The van der Waals surface area contributed by atoms with Gasteiger partial charge < -0.3 is 10.2 Å². The molecule has 6 nitrogen and oxygen atoms in total. The summed E-state index contributed by atoms with van der Waals surface area (Å²) in [5, 5.41) is 29.6. The summed E-state index contributed by atoms with van der Waals surface area (Å²) in [6.07, 6.45) is 3.14. The van der Waals surface area contributed by atoms with Gasteiger partial charge >= 0.3 is 0 Å². The normalized spacial score (nSPS) is 14.2. The average molecular weight is 237 g/mol. The van der Waals surface area contributed by atoms with Gasteiger partial charge in [-0.1, -0.05) is 24.3 Å². The van der Waals surface area contributed by atoms with Crippen LogP contribution in [0.3, 0.4) is 0 Å². The van der Waals surface area contributed by atoms with Gasteiger partial charge in [-0.15, -0.1) is 0 Å². The molecule has 2 N–H and O–H groups in total. The van der Waals surface area contributed by atoms with Crippen LogP contribution in [0.15, 0.2) is 63.7 Å². The van der Waals surface area contributed by atoms with Crippen LogP contribution in [0.5, 0.6) is 0 Å². The lowest BCUT2D eigenvalue weighted by atomic mass is 10.4. The van der Waals surface area contributed by atoms with Gasteiger partial charge in [0.25, 0.3) is 0 Å². The molecular weight excluding hydrogens is 220 g/mol. The van der Waals surface area contributed by atoms with Crippen molar-refractivity contribution in [3.63, 3.8) is 0 Å². The second-order valence-corrected chi connectivity index (χ2v) is 3.02. The molecule has 0 fully saturated rings. The Morgan fingerprint density at radius 1 is 1.06 bits per heavy atom. The highest BCUT2D eigenvalue weighted by Gasteiger charge is 2.06. The van der Waals surface area contributed by atoms with E-state index in [2.05, 4.69) is 28.6 Å². The van der Waals surface area contributed by atoms with E-state index in [4.69, 9.17) is 10.2 Å². The zero-order valence-electron chi connectivity index (χ0n) is 10.3. The molecule has 0 rings (SSSR count). The first-order chi connectivity index (χ1) is 7.92. The number of nitrogens with zero attached hydrogens (tertiary/aromatic N) is 4. The standard InChI is InChI=1S/C11H16N4O2/c1-6-10(8(3)16)12-14-15(5)13-11(7-2)9(4)17/h6-7H,3-4H2,1-2,5H3,(H-,16,17)/p+1/b10-6+,11-7+,14-12?,15-13?. The summed E-state index contributed by atoms with van der Waals surface area (Å²) in [5.74, 6) is -0.338. The van der Waals surface area contributed by atoms with E-state index in [0.717, 1.165) is 4.81 Å². The van der Waals surface area contributed by atoms with Crippen LogP contribution >= 0.6 is 0 Å². The fraction of sp³-hybridized carbons (Fsp3) is 0.273. The molecule has 0 radical (unpaired) electrons. The minimum atomic E-state index is -0.178. The average Bonchev–Trinajstić information content (AvgIpc) is 2.25. The highest BCUT2D eigenvalue weighted by molar-refractivity contribution is 5.19. The predicted molar refractivity (Wildman–Crippen MR) is 64.5 cm³/mol. The summed E-state index contributed by atoms with van der Waals surface area (Å²) in [4.78, 5) is 1.14. The van der Waals surface area contributed by atoms with Gasteiger partial charge in [-0.3, -0.25) is 0 Å². The zero-order valence-corrected chi connectivity index (χ0v) is 10.3. The Kier molecular flexibility index (Phi) is 6.17. The second-order valence-electron chi connectivity index (χ2n) is 3.02. The Balaban J connectivity index is 4.92. The molecule has 0 aromatic heterocycles. The molecule has 6 heteroatoms. The number of hydrogen-bond acceptors (Lipinski definition) is 4. The van der Waals surface area contributed by atoms with Gasteiger partial charge in [0.1, 0.15) is 18.5 Å². The van der Waals surface area contributed by atoms with E-state index >= 15 is 0 Å². The first-order valence-electron chi connectivity index (χ1n) is 4.88. The van der Waals surface area contributed by atoms with Crippen LogP contribution in [-0.2, 0) is 0 Å². The SMILES string of the molecule is C=C(O)/C(=C\C)N=N[N+](C)=N/C(=C/C)C(=C)O. The van der Waals surface area contributed by atoms with E-state index in [9.17, 15) is 0 Å². The maximum atomic E-state index is 9.15. The fourth-order valence-electron chi connectivity index (χ4n) is 0.853. The molecule has 0 saturated heterocycles. The number of azo groups is 1. The van der Waals surface area contributed by atoms with Gasteiger partial charge in [0, 0.05) is 0 Å². The van der Waals surface area contributed by atoms with Crippen LogP contribution < -0.4 is 0 Å². The predicted octanol–water partition coefficient (Wildman–Crippen LogP) is 3.40. The van der Waals surface area contributed by atoms with E-state index < -0.39 is 0 Å². The molecule has 0 spiro atoms. The molecule has 0 aromatic carbocycles. The lowest BCUT2D eigenvalue weighted by molar-refractivity contribution is -0.577. The molecule has 0 saturated carbocycles. The van der Waals surface area contributed by atoms with Gasteiger partial charge in [0.2, 0.25) is 5.70 Å². The zero-order chi connectivity index (χ0) is 13.4. The molecule has 0 atom stereocenters. The molecule has 92 valence electrons. The van der Waals surface area contributed by atoms with Crippen LogP contribution in [0, 0.1) is 0 Å². The molecule has 0 amide bonds. The van der Waals surface area contributed by atoms with E-state index in [-0.39, 0.29) is 22.9 Å². The molecule has 0 aliphatic heterocycles. The van der Waals surface area contributed by atoms with Crippen molar-refractivity contribution in [3.05, 3.63) is 48.2 Å². The molecular formula is C11H17N4O2+. The van der Waals surface area contributed by atoms with Crippen LogP contribution in [0.25, 0.3) is 0 Å². The highest BCUT2D eigenvalue weighted by atomic mass is 16.3. The molecule has 0 aliphatic carbocycles. The fourth-order valence-corrected chi connectivity index (χ4v) is 0.853. The third-order valence-electron chi connectivity index (χ3n) is 1.67. The first-order valence-corrected chi connectivity index (χ1v) is 4.88. The van der Waals surface area contributed by atoms with Gasteiger partial charge in [0.15, 0.2) is 11.0 Å². The number of hydrogen-bond donors (Lipinski definition) is 2. The molecule has 0 aromatic rings. The summed E-state index contributed by atoms with van der Waals surface area (Å²) in [6.45, 7) is 10.1. The Hall–Kier alpha value is -2.24. The monoisotopic (exact) mass is 237 g/mol. The summed E-state index contributed by atoms with van der Waals surface area (Å²) in [5.41, 5.74) is 0.535. The smallest absolute Gasteiger partial charge is 0.240 e. The molecule has 0 aliphatic rings. The molecule has 17 heavy (non-hydrogen) atoms. The molecule has 0 unspecified atom stereocenters. The summed E-state index contributed by atoms with van der Waals surface area (Å²) in [6, 6.07) is 0. The van der Waals surface area contributed by atoms with Gasteiger partial charge in [0.05, 0.1) is 5.11 Å². The lowest BCUT2D eigenvalue weighted by Gasteiger charge is -1.94. The Morgan fingerprint density at radius 3 is 1.88 bits per heavy atom. The summed E-state index contributed by atoms with van der Waals surface area (Å²) in [7, 11) is 1.53. The minimum Gasteiger partial charge on any atom is -0.506 e. The van der Waals surface area contributed by atoms with Crippen molar-refractivity contribution in [1.82, 2.24) is 0 Å². The van der Waals surface area contributed by atoms with Crippen LogP contribution in [0.1, 0.15) is 13.8 Å². The number of aliphatic hydroxyl groups is 2. The molecule has 0 bridgehead atoms. The van der Waals surface area contributed by atoms with Crippen molar-refractivity contribution in [3.8, 4) is 0 Å². The Labute approximate surface area is 100 Å². The number of rotatable bonds is 5. The van der Waals surface area contributed by atoms with Gasteiger partial charge in [-0.05, 0) is 24.7 Å². The third kappa shape index (κ3) is 5.41. The Bertz CT molecular complexity index is 431. The topological polar surface area (TPSA) is 80.5 Å². The summed E-state index contributed by atoms with van der Waals surface area (Å²) < 4.78 is 0. The van der Waals surface area contributed by atoms with Crippen molar-refractivity contribution >= 4 is 0 Å². The quantitative estimate of drug-likeness (QED) is 0.252. The van der Waals surface area contributed by atoms with Crippen molar-refractivity contribution in [2.45, 2.75) is 13.8 Å². The maximum absolute atomic E-state index is 9.15.